The summed E-state index contributed by atoms with van der Waals surface area (Å²) < 4.78 is 12.9. The predicted molar refractivity (Wildman–Crippen MR) is 105 cm³/mol. The van der Waals surface area contributed by atoms with Crippen molar-refractivity contribution in [2.75, 3.05) is 7.11 Å². The molecular formula is C22H22N2O3. The molecule has 0 atom stereocenters. The van der Waals surface area contributed by atoms with Gasteiger partial charge in [-0.05, 0) is 48.9 Å². The van der Waals surface area contributed by atoms with Gasteiger partial charge >= 0.3 is 0 Å². The third kappa shape index (κ3) is 4.85. The highest BCUT2D eigenvalue weighted by molar-refractivity contribution is 6.05. The summed E-state index contributed by atoms with van der Waals surface area (Å²) in [6, 6.07) is 15.3. The Bertz CT molecular complexity index is 956. The molecule has 0 saturated heterocycles. The monoisotopic (exact) mass is 362 g/mol. The highest BCUT2D eigenvalue weighted by Gasteiger charge is 2.07. The number of methoxy groups -OCH3 is 1. The van der Waals surface area contributed by atoms with Crippen LogP contribution < -0.4 is 9.47 Å². The number of hydrogen-bond donors (Lipinski definition) is 0. The number of aromatic nitrogens is 2. The minimum Gasteiger partial charge on any atom is -0.496 e. The molecule has 3 aromatic rings. The average molecular weight is 362 g/mol. The second-order valence-corrected chi connectivity index (χ2v) is 6.25. The normalized spacial score (nSPS) is 10.9. The van der Waals surface area contributed by atoms with Crippen LogP contribution in [0.2, 0.25) is 0 Å². The summed E-state index contributed by atoms with van der Waals surface area (Å²) in [7, 11) is 3.41. The SMILES string of the molecule is COc1ccc(/C=C/C(=O)c2ccn(C)n2)cc1COc1ccc(C)cc1. The number of allylic oxidation sites excluding steroid dienone is 1. The summed E-state index contributed by atoms with van der Waals surface area (Å²) in [6.45, 7) is 2.41. The number of benzene rings is 2. The maximum Gasteiger partial charge on any atom is 0.206 e. The predicted octanol–water partition coefficient (Wildman–Crippen LogP) is 4.21. The smallest absolute Gasteiger partial charge is 0.206 e. The Balaban J connectivity index is 1.73. The van der Waals surface area contributed by atoms with E-state index in [1.165, 1.54) is 11.6 Å². The quantitative estimate of drug-likeness (QED) is 0.467. The standard InChI is InChI=1S/C22H22N2O3/c1-16-4-8-19(9-5-16)27-15-18-14-17(7-11-22(18)26-3)6-10-21(25)20-12-13-24(2)23-20/h4-14H,15H2,1-3H3/b10-6+. The van der Waals surface area contributed by atoms with Gasteiger partial charge in [-0.2, -0.15) is 5.10 Å². The van der Waals surface area contributed by atoms with E-state index < -0.39 is 0 Å². The van der Waals surface area contributed by atoms with Crippen LogP contribution in [-0.2, 0) is 13.7 Å². The van der Waals surface area contributed by atoms with Crippen LogP contribution in [-0.4, -0.2) is 22.7 Å². The Hall–Kier alpha value is -3.34. The number of aryl methyl sites for hydroxylation is 2. The van der Waals surface area contributed by atoms with E-state index in [0.29, 0.717) is 12.3 Å². The van der Waals surface area contributed by atoms with Crippen LogP contribution in [0, 0.1) is 6.92 Å². The summed E-state index contributed by atoms with van der Waals surface area (Å²) in [5.74, 6) is 1.41. The van der Waals surface area contributed by atoms with Crippen molar-refractivity contribution in [2.24, 2.45) is 7.05 Å². The fourth-order valence-corrected chi connectivity index (χ4v) is 2.61. The lowest BCUT2D eigenvalue weighted by atomic mass is 10.1. The van der Waals surface area contributed by atoms with Crippen molar-refractivity contribution in [2.45, 2.75) is 13.5 Å². The van der Waals surface area contributed by atoms with Crippen LogP contribution in [0.4, 0.5) is 0 Å². The summed E-state index contributed by atoms with van der Waals surface area (Å²) in [6.07, 6.45) is 5.04. The van der Waals surface area contributed by atoms with Gasteiger partial charge in [0.05, 0.1) is 7.11 Å². The molecule has 0 aliphatic rings. The summed E-state index contributed by atoms with van der Waals surface area (Å²) in [5.41, 5.74) is 3.41. The summed E-state index contributed by atoms with van der Waals surface area (Å²) >= 11 is 0. The molecule has 0 N–H and O–H groups in total. The average Bonchev–Trinajstić information content (AvgIpc) is 3.12. The van der Waals surface area contributed by atoms with Crippen LogP contribution in [0.3, 0.4) is 0 Å². The Morgan fingerprint density at radius 1 is 1.15 bits per heavy atom. The molecule has 5 nitrogen and oxygen atoms in total. The Kier molecular flexibility index (Phi) is 5.71. The zero-order valence-corrected chi connectivity index (χ0v) is 15.7. The molecule has 1 aromatic heterocycles. The Morgan fingerprint density at radius 2 is 1.93 bits per heavy atom. The van der Waals surface area contributed by atoms with E-state index in [0.717, 1.165) is 22.6 Å². The maximum atomic E-state index is 12.2. The van der Waals surface area contributed by atoms with E-state index in [2.05, 4.69) is 5.10 Å². The maximum absolute atomic E-state index is 12.2. The molecule has 0 amide bonds. The molecule has 2 aromatic carbocycles. The number of nitrogens with zero attached hydrogens (tertiary/aromatic N) is 2. The van der Waals surface area contributed by atoms with Crippen molar-refractivity contribution in [3.8, 4) is 11.5 Å². The van der Waals surface area contributed by atoms with E-state index >= 15 is 0 Å². The molecule has 0 fully saturated rings. The van der Waals surface area contributed by atoms with Gasteiger partial charge in [0, 0.05) is 18.8 Å². The minimum atomic E-state index is -0.135. The van der Waals surface area contributed by atoms with Gasteiger partial charge in [-0.25, -0.2) is 0 Å². The molecule has 0 aliphatic carbocycles. The number of ketones is 1. The van der Waals surface area contributed by atoms with Crippen molar-refractivity contribution >= 4 is 11.9 Å². The molecule has 3 rings (SSSR count). The van der Waals surface area contributed by atoms with Crippen LogP contribution in [0.1, 0.15) is 27.2 Å². The fourth-order valence-electron chi connectivity index (χ4n) is 2.61. The molecule has 138 valence electrons. The van der Waals surface area contributed by atoms with E-state index in [1.54, 1.807) is 37.2 Å². The second kappa shape index (κ2) is 8.36. The minimum absolute atomic E-state index is 0.135. The third-order valence-electron chi connectivity index (χ3n) is 4.11. The van der Waals surface area contributed by atoms with E-state index in [4.69, 9.17) is 9.47 Å². The first-order valence-electron chi connectivity index (χ1n) is 8.63. The molecule has 0 aliphatic heterocycles. The second-order valence-electron chi connectivity index (χ2n) is 6.25. The van der Waals surface area contributed by atoms with Crippen LogP contribution in [0.5, 0.6) is 11.5 Å². The van der Waals surface area contributed by atoms with Gasteiger partial charge in [-0.3, -0.25) is 9.48 Å². The van der Waals surface area contributed by atoms with Gasteiger partial charge in [-0.15, -0.1) is 0 Å². The van der Waals surface area contributed by atoms with Crippen LogP contribution in [0.25, 0.3) is 6.08 Å². The Morgan fingerprint density at radius 3 is 2.59 bits per heavy atom. The number of hydrogen-bond acceptors (Lipinski definition) is 4. The van der Waals surface area contributed by atoms with Crippen molar-refractivity contribution in [1.82, 2.24) is 9.78 Å². The zero-order chi connectivity index (χ0) is 19.2. The van der Waals surface area contributed by atoms with Crippen LogP contribution >= 0.6 is 0 Å². The van der Waals surface area contributed by atoms with E-state index in [1.807, 2.05) is 49.4 Å². The molecular weight excluding hydrogens is 340 g/mol. The molecule has 0 radical (unpaired) electrons. The molecule has 1 heterocycles. The van der Waals surface area contributed by atoms with Crippen LogP contribution in [0.15, 0.2) is 60.8 Å². The van der Waals surface area contributed by atoms with Crippen molar-refractivity contribution in [3.63, 3.8) is 0 Å². The van der Waals surface area contributed by atoms with Gasteiger partial charge < -0.3 is 9.47 Å². The third-order valence-corrected chi connectivity index (χ3v) is 4.11. The highest BCUT2D eigenvalue weighted by Crippen LogP contribution is 2.23. The number of carbonyl (C=O) groups excluding carboxylic acids is 1. The van der Waals surface area contributed by atoms with Crippen molar-refractivity contribution < 1.29 is 14.3 Å². The summed E-state index contributed by atoms with van der Waals surface area (Å²) in [4.78, 5) is 12.2. The number of ether oxygens (including phenoxy) is 2. The molecule has 0 spiro atoms. The molecule has 5 heteroatoms. The highest BCUT2D eigenvalue weighted by atomic mass is 16.5. The molecule has 0 saturated carbocycles. The van der Waals surface area contributed by atoms with Gasteiger partial charge in [-0.1, -0.05) is 29.8 Å². The zero-order valence-electron chi connectivity index (χ0n) is 15.7. The molecule has 0 bridgehead atoms. The van der Waals surface area contributed by atoms with Gasteiger partial charge in [0.2, 0.25) is 5.78 Å². The first-order chi connectivity index (χ1) is 13.0. The topological polar surface area (TPSA) is 53.4 Å². The number of carbonyl (C=O) groups is 1. The van der Waals surface area contributed by atoms with E-state index in [9.17, 15) is 4.79 Å². The lowest BCUT2D eigenvalue weighted by molar-refractivity contribution is 0.104. The van der Waals surface area contributed by atoms with Crippen molar-refractivity contribution in [3.05, 3.63) is 83.2 Å². The lowest BCUT2D eigenvalue weighted by Crippen LogP contribution is -2.00. The fraction of sp³-hybridized carbons (Fsp3) is 0.182. The van der Waals surface area contributed by atoms with Gasteiger partial charge in [0.15, 0.2) is 0 Å². The Labute approximate surface area is 158 Å². The first kappa shape index (κ1) is 18.5. The molecule has 0 unspecified atom stereocenters. The van der Waals surface area contributed by atoms with Gasteiger partial charge in [0.25, 0.3) is 0 Å². The summed E-state index contributed by atoms with van der Waals surface area (Å²) in [5, 5.41) is 4.11. The first-order valence-corrected chi connectivity index (χ1v) is 8.63. The largest absolute Gasteiger partial charge is 0.496 e. The molecule has 27 heavy (non-hydrogen) atoms. The van der Waals surface area contributed by atoms with Crippen molar-refractivity contribution in [1.29, 1.82) is 0 Å². The van der Waals surface area contributed by atoms with Gasteiger partial charge in [0.1, 0.15) is 23.8 Å². The van der Waals surface area contributed by atoms with E-state index in [-0.39, 0.29) is 5.78 Å². The number of rotatable bonds is 7. The lowest BCUT2D eigenvalue weighted by Gasteiger charge is -2.11.